The van der Waals surface area contributed by atoms with E-state index in [9.17, 15) is 14.7 Å². The van der Waals surface area contributed by atoms with Crippen LogP contribution in [0, 0.1) is 5.92 Å². The third-order valence-corrected chi connectivity index (χ3v) is 3.61. The van der Waals surface area contributed by atoms with Gasteiger partial charge in [-0.15, -0.1) is 0 Å². The Kier molecular flexibility index (Phi) is 8.61. The van der Waals surface area contributed by atoms with E-state index in [4.69, 9.17) is 17.2 Å². The lowest BCUT2D eigenvalue weighted by Crippen LogP contribution is -2.57. The number of ketones is 1. The first kappa shape index (κ1) is 19.4. The lowest BCUT2D eigenvalue weighted by atomic mass is 9.80. The van der Waals surface area contributed by atoms with Gasteiger partial charge in [-0.2, -0.15) is 0 Å². The molecule has 0 amide bonds. The van der Waals surface area contributed by atoms with Gasteiger partial charge in [0.25, 0.3) is 0 Å². The maximum Gasteiger partial charge on any atom is 0.331 e. The van der Waals surface area contributed by atoms with E-state index < -0.39 is 17.3 Å². The first-order valence-corrected chi connectivity index (χ1v) is 7.41. The number of carbonyl (C=O) groups excluding carboxylic acids is 1. The lowest BCUT2D eigenvalue weighted by Gasteiger charge is -2.27. The van der Waals surface area contributed by atoms with E-state index in [0.29, 0.717) is 19.3 Å². The van der Waals surface area contributed by atoms with Gasteiger partial charge in [-0.3, -0.25) is 9.79 Å². The summed E-state index contributed by atoms with van der Waals surface area (Å²) in [7, 11) is 0. The summed E-state index contributed by atoms with van der Waals surface area (Å²) < 4.78 is 0. The van der Waals surface area contributed by atoms with Crippen molar-refractivity contribution in [2.75, 3.05) is 6.54 Å². The van der Waals surface area contributed by atoms with Crippen molar-refractivity contribution in [3.05, 3.63) is 0 Å². The number of carboxylic acids is 1. The van der Waals surface area contributed by atoms with E-state index in [1.165, 1.54) is 0 Å². The highest BCUT2D eigenvalue weighted by molar-refractivity contribution is 6.08. The third kappa shape index (κ3) is 6.12. The standard InChI is InChI=1S/C14H28N4O3/c1-3-5-7-10(4-2)11(19)14(17,12(20)21)8-6-9-18-13(15)16/h10H,3-9,17H2,1-2H3,(H,20,21)(H4,15,16,18)/t10?,14-/m1/s1. The molecule has 21 heavy (non-hydrogen) atoms. The second-order valence-electron chi connectivity index (χ2n) is 5.30. The summed E-state index contributed by atoms with van der Waals surface area (Å²) >= 11 is 0. The Labute approximate surface area is 126 Å². The molecule has 0 aliphatic heterocycles. The summed E-state index contributed by atoms with van der Waals surface area (Å²) in [4.78, 5) is 27.7. The molecule has 0 rings (SSSR count). The van der Waals surface area contributed by atoms with Gasteiger partial charge in [0.05, 0.1) is 0 Å². The normalized spacial score (nSPS) is 15.0. The molecule has 0 aromatic rings. The summed E-state index contributed by atoms with van der Waals surface area (Å²) in [5, 5.41) is 9.35. The van der Waals surface area contributed by atoms with Crippen molar-refractivity contribution < 1.29 is 14.7 Å². The molecule has 1 unspecified atom stereocenters. The zero-order valence-electron chi connectivity index (χ0n) is 13.0. The Balaban J connectivity index is 4.86. The molecule has 0 saturated heterocycles. The maximum atomic E-state index is 12.5. The molecule has 7 nitrogen and oxygen atoms in total. The van der Waals surface area contributed by atoms with Gasteiger partial charge in [0.15, 0.2) is 17.3 Å². The molecule has 0 heterocycles. The van der Waals surface area contributed by atoms with Gasteiger partial charge < -0.3 is 22.3 Å². The first-order valence-electron chi connectivity index (χ1n) is 7.41. The number of aliphatic imine (C=N–C) groups is 1. The molecule has 0 saturated carbocycles. The fraction of sp³-hybridized carbons (Fsp3) is 0.786. The minimum absolute atomic E-state index is 0.0283. The van der Waals surface area contributed by atoms with Crippen molar-refractivity contribution in [1.29, 1.82) is 0 Å². The van der Waals surface area contributed by atoms with Gasteiger partial charge in [0, 0.05) is 12.5 Å². The predicted molar refractivity (Wildman–Crippen MR) is 82.8 cm³/mol. The average Bonchev–Trinajstić information content (AvgIpc) is 2.43. The number of nitrogens with zero attached hydrogens (tertiary/aromatic N) is 1. The molecule has 7 heteroatoms. The van der Waals surface area contributed by atoms with Crippen LogP contribution in [0.3, 0.4) is 0 Å². The highest BCUT2D eigenvalue weighted by Gasteiger charge is 2.43. The number of carboxylic acid groups (broad SMARTS) is 1. The smallest absolute Gasteiger partial charge is 0.331 e. The molecule has 0 fully saturated rings. The Bertz CT molecular complexity index is 380. The summed E-state index contributed by atoms with van der Waals surface area (Å²) in [5.74, 6) is -2.05. The SMILES string of the molecule is CCCCC(CC)C(=O)[C@](N)(CCCN=C(N)N)C(=O)O. The second kappa shape index (κ2) is 9.33. The molecule has 0 radical (unpaired) electrons. The van der Waals surface area contributed by atoms with Crippen LogP contribution in [0.15, 0.2) is 4.99 Å². The van der Waals surface area contributed by atoms with E-state index in [-0.39, 0.29) is 24.8 Å². The molecule has 0 bridgehead atoms. The van der Waals surface area contributed by atoms with Crippen LogP contribution < -0.4 is 17.2 Å². The number of carbonyl (C=O) groups is 2. The zero-order chi connectivity index (χ0) is 16.5. The van der Waals surface area contributed by atoms with Crippen LogP contribution in [-0.4, -0.2) is 34.9 Å². The van der Waals surface area contributed by atoms with Crippen molar-refractivity contribution in [2.24, 2.45) is 28.1 Å². The molecule has 0 spiro atoms. The van der Waals surface area contributed by atoms with E-state index in [1.807, 2.05) is 13.8 Å². The highest BCUT2D eigenvalue weighted by atomic mass is 16.4. The van der Waals surface area contributed by atoms with E-state index in [1.54, 1.807) is 0 Å². The molecule has 0 aliphatic rings. The van der Waals surface area contributed by atoms with Crippen molar-refractivity contribution in [3.63, 3.8) is 0 Å². The van der Waals surface area contributed by atoms with Crippen molar-refractivity contribution in [1.82, 2.24) is 0 Å². The lowest BCUT2D eigenvalue weighted by molar-refractivity contribution is -0.150. The van der Waals surface area contributed by atoms with Crippen molar-refractivity contribution >= 4 is 17.7 Å². The van der Waals surface area contributed by atoms with Crippen LogP contribution in [0.4, 0.5) is 0 Å². The van der Waals surface area contributed by atoms with E-state index in [2.05, 4.69) is 4.99 Å². The van der Waals surface area contributed by atoms with E-state index >= 15 is 0 Å². The van der Waals surface area contributed by atoms with Crippen LogP contribution >= 0.6 is 0 Å². The Morgan fingerprint density at radius 1 is 1.24 bits per heavy atom. The van der Waals surface area contributed by atoms with Gasteiger partial charge in [0.1, 0.15) is 0 Å². The Morgan fingerprint density at radius 3 is 2.29 bits per heavy atom. The molecular formula is C14H28N4O3. The summed E-state index contributed by atoms with van der Waals surface area (Å²) in [5.41, 5.74) is 14.4. The second-order valence-corrected chi connectivity index (χ2v) is 5.30. The van der Waals surface area contributed by atoms with Crippen LogP contribution in [-0.2, 0) is 9.59 Å². The quantitative estimate of drug-likeness (QED) is 0.190. The Morgan fingerprint density at radius 2 is 1.86 bits per heavy atom. The van der Waals surface area contributed by atoms with Gasteiger partial charge in [-0.25, -0.2) is 4.79 Å². The number of aliphatic carboxylic acids is 1. The van der Waals surface area contributed by atoms with Crippen LogP contribution in [0.25, 0.3) is 0 Å². The number of rotatable bonds is 11. The van der Waals surface area contributed by atoms with E-state index in [0.717, 1.165) is 12.8 Å². The fourth-order valence-electron chi connectivity index (χ4n) is 2.24. The van der Waals surface area contributed by atoms with Gasteiger partial charge in [0.2, 0.25) is 0 Å². The third-order valence-electron chi connectivity index (χ3n) is 3.61. The largest absolute Gasteiger partial charge is 0.480 e. The molecule has 0 aliphatic carbocycles. The summed E-state index contributed by atoms with van der Waals surface area (Å²) in [6.07, 6.45) is 3.48. The first-order chi connectivity index (χ1) is 9.79. The maximum absolute atomic E-state index is 12.5. The zero-order valence-corrected chi connectivity index (χ0v) is 13.0. The minimum Gasteiger partial charge on any atom is -0.480 e. The fourth-order valence-corrected chi connectivity index (χ4v) is 2.24. The molecule has 0 aromatic carbocycles. The minimum atomic E-state index is -1.85. The van der Waals surface area contributed by atoms with Gasteiger partial charge in [-0.1, -0.05) is 26.7 Å². The molecule has 0 aromatic heterocycles. The van der Waals surface area contributed by atoms with Crippen LogP contribution in [0.5, 0.6) is 0 Å². The van der Waals surface area contributed by atoms with Crippen LogP contribution in [0.1, 0.15) is 52.4 Å². The summed E-state index contributed by atoms with van der Waals surface area (Å²) in [6, 6.07) is 0. The monoisotopic (exact) mass is 300 g/mol. The number of Topliss-reactive ketones (excluding diaryl/α,β-unsaturated/α-hetero) is 1. The number of guanidine groups is 1. The predicted octanol–water partition coefficient (Wildman–Crippen LogP) is 0.608. The van der Waals surface area contributed by atoms with Crippen molar-refractivity contribution in [3.8, 4) is 0 Å². The molecule has 7 N–H and O–H groups in total. The topological polar surface area (TPSA) is 145 Å². The Hall–Kier alpha value is -1.63. The number of nitrogens with two attached hydrogens (primary N) is 3. The number of unbranched alkanes of at least 4 members (excludes halogenated alkanes) is 1. The highest BCUT2D eigenvalue weighted by Crippen LogP contribution is 2.23. The molecule has 2 atom stereocenters. The number of hydrogen-bond donors (Lipinski definition) is 4. The summed E-state index contributed by atoms with van der Waals surface area (Å²) in [6.45, 7) is 4.16. The van der Waals surface area contributed by atoms with Crippen LogP contribution in [0.2, 0.25) is 0 Å². The number of hydrogen-bond acceptors (Lipinski definition) is 4. The van der Waals surface area contributed by atoms with Gasteiger partial charge >= 0.3 is 5.97 Å². The molecular weight excluding hydrogens is 272 g/mol. The van der Waals surface area contributed by atoms with Gasteiger partial charge in [-0.05, 0) is 25.7 Å². The van der Waals surface area contributed by atoms with Crippen molar-refractivity contribution in [2.45, 2.75) is 57.9 Å². The average molecular weight is 300 g/mol. The molecule has 122 valence electrons.